The summed E-state index contributed by atoms with van der Waals surface area (Å²) in [7, 11) is 0. The van der Waals surface area contributed by atoms with Gasteiger partial charge in [-0.15, -0.1) is 0 Å². The fourth-order valence-electron chi connectivity index (χ4n) is 2.28. The van der Waals surface area contributed by atoms with E-state index >= 15 is 0 Å². The lowest BCUT2D eigenvalue weighted by atomic mass is 10.1. The number of rotatable bonds is 5. The van der Waals surface area contributed by atoms with E-state index in [0.29, 0.717) is 11.5 Å². The molecule has 1 aromatic heterocycles. The summed E-state index contributed by atoms with van der Waals surface area (Å²) in [4.78, 5) is 16.3. The van der Waals surface area contributed by atoms with Crippen LogP contribution >= 0.6 is 11.8 Å². The Morgan fingerprint density at radius 2 is 2.08 bits per heavy atom. The van der Waals surface area contributed by atoms with Crippen molar-refractivity contribution < 1.29 is 23.0 Å². The number of carbonyl (C=O) groups is 1. The van der Waals surface area contributed by atoms with E-state index < -0.39 is 11.7 Å². The van der Waals surface area contributed by atoms with Crippen LogP contribution in [0.15, 0.2) is 41.6 Å². The van der Waals surface area contributed by atoms with E-state index in [-0.39, 0.29) is 35.2 Å². The van der Waals surface area contributed by atoms with E-state index in [2.05, 4.69) is 10.3 Å². The number of carbonyl (C=O) groups excluding carboxylic acids is 1. The zero-order chi connectivity index (χ0) is 17.1. The zero-order valence-corrected chi connectivity index (χ0v) is 13.5. The van der Waals surface area contributed by atoms with Gasteiger partial charge in [0.05, 0.1) is 11.6 Å². The molecule has 0 saturated heterocycles. The van der Waals surface area contributed by atoms with Crippen LogP contribution in [0, 0.1) is 0 Å². The highest BCUT2D eigenvalue weighted by atomic mass is 32.2. The molecule has 0 bridgehead atoms. The number of nitrogens with zero attached hydrogens (tertiary/aromatic N) is 1. The number of halogens is 2. The second-order valence-electron chi connectivity index (χ2n) is 5.04. The minimum Gasteiger partial charge on any atom is -0.454 e. The summed E-state index contributed by atoms with van der Waals surface area (Å²) in [6.07, 6.45) is 1.38. The highest BCUT2D eigenvalue weighted by Gasteiger charge is 2.20. The number of amides is 1. The summed E-state index contributed by atoms with van der Waals surface area (Å²) in [5, 5.41) is 2.79. The van der Waals surface area contributed by atoms with Crippen LogP contribution in [0.2, 0.25) is 0 Å². The predicted octanol–water partition coefficient (Wildman–Crippen LogP) is 3.62. The van der Waals surface area contributed by atoms with Crippen LogP contribution in [0.5, 0.6) is 11.5 Å². The number of hydrogen-bond acceptors (Lipinski definition) is 5. The Hall–Kier alpha value is -2.35. The van der Waals surface area contributed by atoms with Crippen LogP contribution in [0.3, 0.4) is 0 Å². The molecule has 0 spiro atoms. The molecule has 3 rings (SSSR count). The molecule has 2 aromatic rings. The van der Waals surface area contributed by atoms with E-state index in [0.717, 1.165) is 5.56 Å². The minimum atomic E-state index is -2.64. The monoisotopic (exact) mass is 352 g/mol. The number of aromatic nitrogens is 1. The molecular weight excluding hydrogens is 338 g/mol. The molecule has 1 amide bonds. The minimum absolute atomic E-state index is 0.00267. The van der Waals surface area contributed by atoms with Crippen molar-refractivity contribution in [2.24, 2.45) is 0 Å². The fraction of sp³-hybridized carbons (Fsp3) is 0.250. The van der Waals surface area contributed by atoms with Crippen molar-refractivity contribution in [3.63, 3.8) is 0 Å². The fourth-order valence-corrected chi connectivity index (χ4v) is 2.86. The molecule has 0 aliphatic carbocycles. The van der Waals surface area contributed by atoms with Gasteiger partial charge < -0.3 is 14.8 Å². The smallest absolute Gasteiger partial charge is 0.290 e. The first kappa shape index (κ1) is 16.5. The third-order valence-corrected chi connectivity index (χ3v) is 4.19. The molecule has 1 aliphatic heterocycles. The van der Waals surface area contributed by atoms with E-state index in [9.17, 15) is 13.6 Å². The third-order valence-electron chi connectivity index (χ3n) is 3.46. The molecular formula is C16H14F2N2O3S. The number of fused-ring (bicyclic) bond motifs is 1. The Morgan fingerprint density at radius 3 is 2.88 bits per heavy atom. The molecule has 2 heterocycles. The molecule has 1 atom stereocenters. The van der Waals surface area contributed by atoms with Gasteiger partial charge in [0.1, 0.15) is 5.03 Å². The summed E-state index contributed by atoms with van der Waals surface area (Å²) in [6.45, 7) is 1.97. The van der Waals surface area contributed by atoms with Crippen LogP contribution in [0.25, 0.3) is 0 Å². The number of thioether (sulfide) groups is 1. The lowest BCUT2D eigenvalue weighted by molar-refractivity contribution is 0.0936. The molecule has 5 nitrogen and oxygen atoms in total. The largest absolute Gasteiger partial charge is 0.454 e. The predicted molar refractivity (Wildman–Crippen MR) is 84.5 cm³/mol. The topological polar surface area (TPSA) is 60.5 Å². The van der Waals surface area contributed by atoms with Gasteiger partial charge in [0.25, 0.3) is 11.7 Å². The maximum Gasteiger partial charge on any atom is 0.290 e. The van der Waals surface area contributed by atoms with Crippen molar-refractivity contribution >= 4 is 17.7 Å². The van der Waals surface area contributed by atoms with E-state index in [1.165, 1.54) is 18.3 Å². The van der Waals surface area contributed by atoms with Crippen LogP contribution < -0.4 is 14.8 Å². The summed E-state index contributed by atoms with van der Waals surface area (Å²) < 4.78 is 35.7. The molecule has 0 radical (unpaired) electrons. The van der Waals surface area contributed by atoms with Crippen molar-refractivity contribution in [1.29, 1.82) is 0 Å². The van der Waals surface area contributed by atoms with Gasteiger partial charge in [-0.05, 0) is 48.5 Å². The summed E-state index contributed by atoms with van der Waals surface area (Å²) in [5.74, 6) is -1.83. The van der Waals surface area contributed by atoms with Crippen molar-refractivity contribution in [3.8, 4) is 11.5 Å². The first-order chi connectivity index (χ1) is 11.5. The molecule has 1 aromatic carbocycles. The van der Waals surface area contributed by atoms with Gasteiger partial charge in [-0.2, -0.15) is 8.78 Å². The number of benzene rings is 1. The molecule has 1 unspecified atom stereocenters. The van der Waals surface area contributed by atoms with E-state index in [1.807, 2.05) is 6.07 Å². The van der Waals surface area contributed by atoms with Gasteiger partial charge >= 0.3 is 0 Å². The van der Waals surface area contributed by atoms with E-state index in [1.54, 1.807) is 19.1 Å². The molecule has 1 N–H and O–H groups in total. The summed E-state index contributed by atoms with van der Waals surface area (Å²) in [6, 6.07) is 8.04. The third kappa shape index (κ3) is 3.59. The highest BCUT2D eigenvalue weighted by Crippen LogP contribution is 2.34. The molecule has 0 fully saturated rings. The highest BCUT2D eigenvalue weighted by molar-refractivity contribution is 7.99. The number of ether oxygens (including phenoxy) is 2. The molecule has 126 valence electrons. The van der Waals surface area contributed by atoms with Gasteiger partial charge in [0.15, 0.2) is 11.5 Å². The lowest BCUT2D eigenvalue weighted by Crippen LogP contribution is -2.27. The number of alkyl halides is 2. The quantitative estimate of drug-likeness (QED) is 0.833. The maximum absolute atomic E-state index is 12.6. The van der Waals surface area contributed by atoms with Crippen molar-refractivity contribution in [2.45, 2.75) is 23.7 Å². The Kier molecular flexibility index (Phi) is 4.84. The van der Waals surface area contributed by atoms with Gasteiger partial charge in [-0.3, -0.25) is 4.79 Å². The van der Waals surface area contributed by atoms with Crippen molar-refractivity contribution in [2.75, 3.05) is 6.79 Å². The molecule has 0 saturated carbocycles. The Balaban J connectivity index is 1.75. The Labute approximate surface area is 141 Å². The Bertz CT molecular complexity index is 758. The number of hydrogen-bond donors (Lipinski definition) is 1. The standard InChI is InChI=1S/C16H14F2N2O3S/c1-9(10-4-5-12-13(7-10)23-8-22-12)20-14(21)11-3-2-6-19-15(11)24-16(17)18/h2-7,9,16H,8H2,1H3,(H,20,21). The van der Waals surface area contributed by atoms with Gasteiger partial charge in [-0.1, -0.05) is 6.07 Å². The van der Waals surface area contributed by atoms with Crippen LogP contribution in [-0.2, 0) is 0 Å². The van der Waals surface area contributed by atoms with Crippen molar-refractivity contribution in [3.05, 3.63) is 47.7 Å². The molecule has 1 aliphatic rings. The van der Waals surface area contributed by atoms with Crippen molar-refractivity contribution in [1.82, 2.24) is 10.3 Å². The average Bonchev–Trinajstić information content (AvgIpc) is 3.02. The lowest BCUT2D eigenvalue weighted by Gasteiger charge is -2.16. The van der Waals surface area contributed by atoms with Gasteiger partial charge in [0.2, 0.25) is 6.79 Å². The molecule has 24 heavy (non-hydrogen) atoms. The Morgan fingerprint density at radius 1 is 1.29 bits per heavy atom. The summed E-state index contributed by atoms with van der Waals surface area (Å²) >= 11 is 0.251. The second-order valence-corrected chi connectivity index (χ2v) is 6.02. The average molecular weight is 352 g/mol. The van der Waals surface area contributed by atoms with Crippen LogP contribution in [0.1, 0.15) is 28.9 Å². The van der Waals surface area contributed by atoms with E-state index in [4.69, 9.17) is 9.47 Å². The number of pyridine rings is 1. The van der Waals surface area contributed by atoms with Gasteiger partial charge in [0, 0.05) is 6.20 Å². The normalized spacial score (nSPS) is 13.8. The first-order valence-electron chi connectivity index (χ1n) is 7.15. The summed E-state index contributed by atoms with van der Waals surface area (Å²) in [5.41, 5.74) is 0.940. The van der Waals surface area contributed by atoms with Gasteiger partial charge in [-0.25, -0.2) is 4.98 Å². The van der Waals surface area contributed by atoms with Crippen LogP contribution in [0.4, 0.5) is 8.78 Å². The van der Waals surface area contributed by atoms with Crippen LogP contribution in [-0.4, -0.2) is 23.4 Å². The zero-order valence-electron chi connectivity index (χ0n) is 12.7. The first-order valence-corrected chi connectivity index (χ1v) is 8.03. The number of nitrogens with one attached hydrogen (secondary N) is 1. The SMILES string of the molecule is CC(NC(=O)c1cccnc1SC(F)F)c1ccc2c(c1)OCO2. The second kappa shape index (κ2) is 7.04. The molecule has 8 heteroatoms. The maximum atomic E-state index is 12.6.